The van der Waals surface area contributed by atoms with Crippen molar-refractivity contribution in [2.45, 2.75) is 13.0 Å². The van der Waals surface area contributed by atoms with E-state index in [-0.39, 0.29) is 0 Å². The second-order valence-corrected chi connectivity index (χ2v) is 2.98. The van der Waals surface area contributed by atoms with Crippen LogP contribution in [0.5, 0.6) is 0 Å². The number of benzene rings is 1. The molecule has 1 N–H and O–H groups in total. The summed E-state index contributed by atoms with van der Waals surface area (Å²) in [6, 6.07) is 7.58. The predicted molar refractivity (Wildman–Crippen MR) is 54.6 cm³/mol. The lowest BCUT2D eigenvalue weighted by Crippen LogP contribution is -1.91. The zero-order valence-electron chi connectivity index (χ0n) is 7.82. The highest BCUT2D eigenvalue weighted by molar-refractivity contribution is 5.81. The van der Waals surface area contributed by atoms with Gasteiger partial charge in [0.15, 0.2) is 0 Å². The molecular weight excluding hydrogens is 176 g/mol. The molecule has 0 saturated carbocycles. The summed E-state index contributed by atoms with van der Waals surface area (Å²) in [6.45, 7) is 1.70. The van der Waals surface area contributed by atoms with Crippen molar-refractivity contribution < 1.29 is 9.52 Å². The Morgan fingerprint density at radius 1 is 1.36 bits per heavy atom. The van der Waals surface area contributed by atoms with Gasteiger partial charge in [-0.05, 0) is 13.0 Å². The van der Waals surface area contributed by atoms with Gasteiger partial charge in [0, 0.05) is 10.9 Å². The van der Waals surface area contributed by atoms with Crippen LogP contribution in [-0.2, 0) is 0 Å². The SMILES string of the molecule is CC#CC(O)c1coc2ccccc12. The summed E-state index contributed by atoms with van der Waals surface area (Å²) >= 11 is 0. The molecule has 1 aromatic carbocycles. The maximum atomic E-state index is 9.67. The summed E-state index contributed by atoms with van der Waals surface area (Å²) in [7, 11) is 0. The molecule has 2 rings (SSSR count). The van der Waals surface area contributed by atoms with Crippen LogP contribution in [0.1, 0.15) is 18.6 Å². The Bertz CT molecular complexity index is 500. The van der Waals surface area contributed by atoms with Gasteiger partial charge in [-0.3, -0.25) is 0 Å². The normalized spacial score (nSPS) is 12.1. The third-order valence-corrected chi connectivity index (χ3v) is 2.09. The number of rotatable bonds is 1. The minimum Gasteiger partial charge on any atom is -0.464 e. The average Bonchev–Trinajstić information content (AvgIpc) is 2.61. The van der Waals surface area contributed by atoms with Gasteiger partial charge in [-0.25, -0.2) is 0 Å². The first-order valence-corrected chi connectivity index (χ1v) is 4.39. The molecule has 0 aliphatic carbocycles. The Morgan fingerprint density at radius 3 is 2.93 bits per heavy atom. The fourth-order valence-electron chi connectivity index (χ4n) is 1.42. The summed E-state index contributed by atoms with van der Waals surface area (Å²) in [5, 5.41) is 10.6. The van der Waals surface area contributed by atoms with E-state index >= 15 is 0 Å². The Labute approximate surface area is 82.2 Å². The molecule has 0 saturated heterocycles. The van der Waals surface area contributed by atoms with Crippen molar-refractivity contribution in [1.29, 1.82) is 0 Å². The van der Waals surface area contributed by atoms with Crippen molar-refractivity contribution in [1.82, 2.24) is 0 Å². The second-order valence-electron chi connectivity index (χ2n) is 2.98. The Morgan fingerprint density at radius 2 is 2.14 bits per heavy atom. The van der Waals surface area contributed by atoms with Crippen molar-refractivity contribution in [3.8, 4) is 11.8 Å². The van der Waals surface area contributed by atoms with Gasteiger partial charge in [-0.1, -0.05) is 24.1 Å². The molecule has 1 aromatic heterocycles. The Kier molecular flexibility index (Phi) is 2.26. The molecule has 1 unspecified atom stereocenters. The lowest BCUT2D eigenvalue weighted by Gasteiger charge is -1.98. The Hall–Kier alpha value is -1.72. The highest BCUT2D eigenvalue weighted by atomic mass is 16.3. The van der Waals surface area contributed by atoms with E-state index in [1.165, 1.54) is 0 Å². The monoisotopic (exact) mass is 186 g/mol. The van der Waals surface area contributed by atoms with Gasteiger partial charge < -0.3 is 9.52 Å². The van der Waals surface area contributed by atoms with Crippen LogP contribution in [0.15, 0.2) is 34.9 Å². The molecule has 0 spiro atoms. The molecule has 0 radical (unpaired) electrons. The van der Waals surface area contributed by atoms with Crippen LogP contribution >= 0.6 is 0 Å². The zero-order chi connectivity index (χ0) is 9.97. The largest absolute Gasteiger partial charge is 0.464 e. The molecule has 14 heavy (non-hydrogen) atoms. The smallest absolute Gasteiger partial charge is 0.143 e. The second kappa shape index (κ2) is 3.57. The number of aliphatic hydroxyl groups is 1. The fourth-order valence-corrected chi connectivity index (χ4v) is 1.42. The van der Waals surface area contributed by atoms with E-state index in [0.29, 0.717) is 0 Å². The van der Waals surface area contributed by atoms with E-state index in [1.54, 1.807) is 13.2 Å². The number of para-hydroxylation sites is 1. The van der Waals surface area contributed by atoms with E-state index in [2.05, 4.69) is 11.8 Å². The standard InChI is InChI=1S/C12H10O2/c1-2-5-11(13)10-8-14-12-7-4-3-6-9(10)12/h3-4,6-8,11,13H,1H3. The van der Waals surface area contributed by atoms with E-state index in [0.717, 1.165) is 16.5 Å². The molecule has 2 heteroatoms. The molecule has 0 fully saturated rings. The van der Waals surface area contributed by atoms with Crippen molar-refractivity contribution in [2.24, 2.45) is 0 Å². The van der Waals surface area contributed by atoms with Gasteiger partial charge in [-0.15, -0.1) is 5.92 Å². The number of furan rings is 1. The molecule has 0 aliphatic heterocycles. The first-order valence-electron chi connectivity index (χ1n) is 4.39. The van der Waals surface area contributed by atoms with Gasteiger partial charge in [0.2, 0.25) is 0 Å². The summed E-state index contributed by atoms with van der Waals surface area (Å²) in [4.78, 5) is 0. The lowest BCUT2D eigenvalue weighted by atomic mass is 10.1. The van der Waals surface area contributed by atoms with Crippen molar-refractivity contribution in [2.75, 3.05) is 0 Å². The number of aliphatic hydroxyl groups excluding tert-OH is 1. The number of fused-ring (bicyclic) bond motifs is 1. The molecule has 0 bridgehead atoms. The summed E-state index contributed by atoms with van der Waals surface area (Å²) < 4.78 is 5.29. The van der Waals surface area contributed by atoms with E-state index < -0.39 is 6.10 Å². The molecule has 0 amide bonds. The van der Waals surface area contributed by atoms with Crippen LogP contribution in [-0.4, -0.2) is 5.11 Å². The van der Waals surface area contributed by atoms with Crippen LogP contribution in [0.25, 0.3) is 11.0 Å². The molecule has 1 heterocycles. The molecule has 70 valence electrons. The summed E-state index contributed by atoms with van der Waals surface area (Å²) in [5.41, 5.74) is 1.51. The highest BCUT2D eigenvalue weighted by Gasteiger charge is 2.11. The van der Waals surface area contributed by atoms with E-state index in [1.807, 2.05) is 24.3 Å². The van der Waals surface area contributed by atoms with Crippen molar-refractivity contribution in [3.05, 3.63) is 36.1 Å². The third kappa shape index (κ3) is 1.39. The topological polar surface area (TPSA) is 33.4 Å². The summed E-state index contributed by atoms with van der Waals surface area (Å²) in [5.74, 6) is 5.36. The third-order valence-electron chi connectivity index (χ3n) is 2.09. The van der Waals surface area contributed by atoms with Crippen LogP contribution in [0.2, 0.25) is 0 Å². The average molecular weight is 186 g/mol. The summed E-state index contributed by atoms with van der Waals surface area (Å²) in [6.07, 6.45) is 0.795. The minimum atomic E-state index is -0.761. The van der Waals surface area contributed by atoms with Crippen LogP contribution in [0.4, 0.5) is 0 Å². The first kappa shape index (κ1) is 8.86. The predicted octanol–water partition coefficient (Wildman–Crippen LogP) is 2.49. The highest BCUT2D eigenvalue weighted by Crippen LogP contribution is 2.25. The minimum absolute atomic E-state index is 0.731. The van der Waals surface area contributed by atoms with Crippen LogP contribution < -0.4 is 0 Å². The molecule has 2 nitrogen and oxygen atoms in total. The van der Waals surface area contributed by atoms with Crippen LogP contribution in [0.3, 0.4) is 0 Å². The van der Waals surface area contributed by atoms with Crippen molar-refractivity contribution >= 4 is 11.0 Å². The number of hydrogen-bond donors (Lipinski definition) is 1. The lowest BCUT2D eigenvalue weighted by molar-refractivity contribution is 0.238. The number of hydrogen-bond acceptors (Lipinski definition) is 2. The van der Waals surface area contributed by atoms with Gasteiger partial charge in [0.05, 0.1) is 6.26 Å². The molecule has 1 atom stereocenters. The van der Waals surface area contributed by atoms with Gasteiger partial charge >= 0.3 is 0 Å². The quantitative estimate of drug-likeness (QED) is 0.694. The molecule has 0 aliphatic rings. The maximum absolute atomic E-state index is 9.67. The maximum Gasteiger partial charge on any atom is 0.143 e. The van der Waals surface area contributed by atoms with E-state index in [9.17, 15) is 5.11 Å². The molecular formula is C12H10O2. The Balaban J connectivity index is 2.56. The van der Waals surface area contributed by atoms with Gasteiger partial charge in [0.1, 0.15) is 11.7 Å². The fraction of sp³-hybridized carbons (Fsp3) is 0.167. The van der Waals surface area contributed by atoms with Gasteiger partial charge in [0.25, 0.3) is 0 Å². The first-order chi connectivity index (χ1) is 6.83. The van der Waals surface area contributed by atoms with Crippen LogP contribution in [0, 0.1) is 11.8 Å². The van der Waals surface area contributed by atoms with Crippen molar-refractivity contribution in [3.63, 3.8) is 0 Å². The zero-order valence-corrected chi connectivity index (χ0v) is 7.82. The van der Waals surface area contributed by atoms with E-state index in [4.69, 9.17) is 4.42 Å². The molecule has 2 aromatic rings. The van der Waals surface area contributed by atoms with Gasteiger partial charge in [-0.2, -0.15) is 0 Å².